The van der Waals surface area contributed by atoms with E-state index in [1.807, 2.05) is 39.0 Å². The Labute approximate surface area is 111 Å². The summed E-state index contributed by atoms with van der Waals surface area (Å²) in [6.45, 7) is 5.97. The summed E-state index contributed by atoms with van der Waals surface area (Å²) in [5.74, 6) is 0. The van der Waals surface area contributed by atoms with Crippen molar-refractivity contribution >= 4 is 11.6 Å². The first-order chi connectivity index (χ1) is 8.52. The van der Waals surface area contributed by atoms with E-state index in [0.717, 1.165) is 28.3 Å². The fraction of sp³-hybridized carbons (Fsp3) is 0.357. The standard InChI is InChI=1S/C14H17ClN2O/c1-4-12-8-14(18)17(16-12)10(3)11-6-5-9(2)13(15)7-11/h5-8,10,16H,4H2,1-3H3. The number of H-pyrrole nitrogens is 1. The van der Waals surface area contributed by atoms with Gasteiger partial charge in [0.1, 0.15) is 0 Å². The van der Waals surface area contributed by atoms with Gasteiger partial charge in [-0.1, -0.05) is 30.7 Å². The molecule has 18 heavy (non-hydrogen) atoms. The van der Waals surface area contributed by atoms with Crippen molar-refractivity contribution in [3.63, 3.8) is 0 Å². The number of halogens is 1. The molecule has 0 bridgehead atoms. The molecule has 1 aromatic heterocycles. The first kappa shape index (κ1) is 13.0. The van der Waals surface area contributed by atoms with Gasteiger partial charge in [0.2, 0.25) is 0 Å². The smallest absolute Gasteiger partial charge is 0.267 e. The van der Waals surface area contributed by atoms with Crippen LogP contribution in [0.5, 0.6) is 0 Å². The van der Waals surface area contributed by atoms with Crippen molar-refractivity contribution in [1.82, 2.24) is 9.78 Å². The average Bonchev–Trinajstić information content (AvgIpc) is 2.73. The van der Waals surface area contributed by atoms with Crippen LogP contribution in [0.1, 0.15) is 36.7 Å². The number of aryl methyl sites for hydroxylation is 2. The maximum atomic E-state index is 11.9. The lowest BCUT2D eigenvalue weighted by atomic mass is 10.1. The highest BCUT2D eigenvalue weighted by Crippen LogP contribution is 2.22. The molecular weight excluding hydrogens is 248 g/mol. The van der Waals surface area contributed by atoms with Crippen LogP contribution in [0.25, 0.3) is 0 Å². The largest absolute Gasteiger partial charge is 0.299 e. The van der Waals surface area contributed by atoms with E-state index in [9.17, 15) is 4.79 Å². The Hall–Kier alpha value is -1.48. The number of aromatic nitrogens is 2. The minimum atomic E-state index is -0.0455. The second-order valence-electron chi connectivity index (χ2n) is 4.53. The maximum Gasteiger partial charge on any atom is 0.267 e. The summed E-state index contributed by atoms with van der Waals surface area (Å²) in [5.41, 5.74) is 3.01. The molecule has 0 saturated carbocycles. The summed E-state index contributed by atoms with van der Waals surface area (Å²) in [7, 11) is 0. The van der Waals surface area contributed by atoms with Crippen molar-refractivity contribution < 1.29 is 0 Å². The van der Waals surface area contributed by atoms with E-state index in [1.54, 1.807) is 10.7 Å². The van der Waals surface area contributed by atoms with Gasteiger partial charge < -0.3 is 0 Å². The van der Waals surface area contributed by atoms with Crippen molar-refractivity contribution in [1.29, 1.82) is 0 Å². The minimum Gasteiger partial charge on any atom is -0.299 e. The molecule has 0 spiro atoms. The van der Waals surface area contributed by atoms with E-state index in [-0.39, 0.29) is 11.6 Å². The topological polar surface area (TPSA) is 37.8 Å². The average molecular weight is 265 g/mol. The number of aromatic amines is 1. The van der Waals surface area contributed by atoms with Gasteiger partial charge in [0.15, 0.2) is 0 Å². The number of nitrogens with one attached hydrogen (secondary N) is 1. The van der Waals surface area contributed by atoms with Gasteiger partial charge in [-0.3, -0.25) is 9.89 Å². The van der Waals surface area contributed by atoms with E-state index in [2.05, 4.69) is 5.10 Å². The first-order valence-corrected chi connectivity index (χ1v) is 6.47. The Bertz CT molecular complexity index is 612. The number of hydrogen-bond donors (Lipinski definition) is 1. The summed E-state index contributed by atoms with van der Waals surface area (Å²) in [4.78, 5) is 11.9. The quantitative estimate of drug-likeness (QED) is 0.907. The molecule has 1 atom stereocenters. The SMILES string of the molecule is CCc1cc(=O)n(C(C)c2ccc(C)c(Cl)c2)[nH]1. The molecule has 0 aliphatic carbocycles. The monoisotopic (exact) mass is 264 g/mol. The van der Waals surface area contributed by atoms with Crippen LogP contribution in [-0.2, 0) is 6.42 Å². The lowest BCUT2D eigenvalue weighted by molar-refractivity contribution is 0.542. The van der Waals surface area contributed by atoms with Crippen LogP contribution >= 0.6 is 11.6 Å². The van der Waals surface area contributed by atoms with Crippen molar-refractivity contribution in [3.05, 3.63) is 56.5 Å². The molecule has 2 rings (SSSR count). The second kappa shape index (κ2) is 5.02. The van der Waals surface area contributed by atoms with Crippen LogP contribution in [0, 0.1) is 6.92 Å². The van der Waals surface area contributed by atoms with Crippen LogP contribution in [0.3, 0.4) is 0 Å². The molecule has 0 aliphatic rings. The number of benzene rings is 1. The molecule has 0 saturated heterocycles. The predicted octanol–water partition coefficient (Wildman–Crippen LogP) is 3.31. The number of nitrogens with zero attached hydrogens (tertiary/aromatic N) is 1. The molecule has 0 fully saturated rings. The highest BCUT2D eigenvalue weighted by atomic mass is 35.5. The zero-order chi connectivity index (χ0) is 13.3. The highest BCUT2D eigenvalue weighted by Gasteiger charge is 2.12. The van der Waals surface area contributed by atoms with Crippen molar-refractivity contribution in [2.24, 2.45) is 0 Å². The van der Waals surface area contributed by atoms with Crippen LogP contribution in [-0.4, -0.2) is 9.78 Å². The molecule has 0 radical (unpaired) electrons. The summed E-state index contributed by atoms with van der Waals surface area (Å²) in [6.07, 6.45) is 0.823. The van der Waals surface area contributed by atoms with Crippen molar-refractivity contribution in [2.75, 3.05) is 0 Å². The predicted molar refractivity (Wildman–Crippen MR) is 74.4 cm³/mol. The third-order valence-corrected chi connectivity index (χ3v) is 3.65. The number of rotatable bonds is 3. The Morgan fingerprint density at radius 3 is 2.67 bits per heavy atom. The van der Waals surface area contributed by atoms with E-state index in [4.69, 9.17) is 11.6 Å². The Morgan fingerprint density at radius 2 is 2.11 bits per heavy atom. The summed E-state index contributed by atoms with van der Waals surface area (Å²) < 4.78 is 1.64. The van der Waals surface area contributed by atoms with Gasteiger partial charge in [0.05, 0.1) is 6.04 Å². The molecule has 0 amide bonds. The van der Waals surface area contributed by atoms with Crippen LogP contribution in [0.2, 0.25) is 5.02 Å². The van der Waals surface area contributed by atoms with Crippen LogP contribution < -0.4 is 5.56 Å². The van der Waals surface area contributed by atoms with Crippen LogP contribution in [0.4, 0.5) is 0 Å². The van der Waals surface area contributed by atoms with Gasteiger partial charge in [-0.15, -0.1) is 0 Å². The van der Waals surface area contributed by atoms with E-state index >= 15 is 0 Å². The molecular formula is C14H17ClN2O. The normalized spacial score (nSPS) is 12.7. The molecule has 4 heteroatoms. The molecule has 1 aromatic carbocycles. The van der Waals surface area contributed by atoms with Gasteiger partial charge >= 0.3 is 0 Å². The minimum absolute atomic E-state index is 0.00366. The van der Waals surface area contributed by atoms with Gasteiger partial charge in [0, 0.05) is 16.8 Å². The van der Waals surface area contributed by atoms with E-state index < -0.39 is 0 Å². The molecule has 0 aliphatic heterocycles. The zero-order valence-electron chi connectivity index (χ0n) is 10.8. The highest BCUT2D eigenvalue weighted by molar-refractivity contribution is 6.31. The van der Waals surface area contributed by atoms with Gasteiger partial charge in [-0.25, -0.2) is 4.68 Å². The Balaban J connectivity index is 2.40. The van der Waals surface area contributed by atoms with Crippen LogP contribution in [0.15, 0.2) is 29.1 Å². The second-order valence-corrected chi connectivity index (χ2v) is 4.93. The lowest BCUT2D eigenvalue weighted by Gasteiger charge is -2.14. The third kappa shape index (κ3) is 2.36. The lowest BCUT2D eigenvalue weighted by Crippen LogP contribution is -2.20. The van der Waals surface area contributed by atoms with Crippen molar-refractivity contribution in [2.45, 2.75) is 33.2 Å². The molecule has 1 N–H and O–H groups in total. The molecule has 1 heterocycles. The molecule has 96 valence electrons. The first-order valence-electron chi connectivity index (χ1n) is 6.09. The van der Waals surface area contributed by atoms with Gasteiger partial charge in [0.25, 0.3) is 5.56 Å². The fourth-order valence-electron chi connectivity index (χ4n) is 1.95. The Morgan fingerprint density at radius 1 is 1.39 bits per heavy atom. The Kier molecular flexibility index (Phi) is 3.62. The van der Waals surface area contributed by atoms with E-state index in [1.165, 1.54) is 0 Å². The molecule has 3 nitrogen and oxygen atoms in total. The molecule has 1 unspecified atom stereocenters. The zero-order valence-corrected chi connectivity index (χ0v) is 11.6. The van der Waals surface area contributed by atoms with Crippen molar-refractivity contribution in [3.8, 4) is 0 Å². The third-order valence-electron chi connectivity index (χ3n) is 3.25. The van der Waals surface area contributed by atoms with E-state index in [0.29, 0.717) is 0 Å². The summed E-state index contributed by atoms with van der Waals surface area (Å²) in [6, 6.07) is 7.50. The number of hydrogen-bond acceptors (Lipinski definition) is 1. The maximum absolute atomic E-state index is 11.9. The fourth-order valence-corrected chi connectivity index (χ4v) is 2.14. The summed E-state index contributed by atoms with van der Waals surface area (Å²) >= 11 is 6.12. The molecule has 2 aromatic rings. The van der Waals surface area contributed by atoms with Gasteiger partial charge in [-0.2, -0.15) is 0 Å². The summed E-state index contributed by atoms with van der Waals surface area (Å²) in [5, 5.41) is 3.86. The van der Waals surface area contributed by atoms with Gasteiger partial charge in [-0.05, 0) is 37.5 Å².